The Labute approximate surface area is 121 Å². The highest BCUT2D eigenvalue weighted by atomic mass is 32.1. The van der Waals surface area contributed by atoms with E-state index in [4.69, 9.17) is 12.2 Å². The number of nitrogens with one attached hydrogen (secondary N) is 1. The van der Waals surface area contributed by atoms with Crippen molar-refractivity contribution in [2.75, 3.05) is 0 Å². The van der Waals surface area contributed by atoms with Crippen LogP contribution in [0, 0.1) is 22.4 Å². The maximum Gasteiger partial charge on any atom is 0.199 e. The first-order chi connectivity index (χ1) is 9.75. The summed E-state index contributed by atoms with van der Waals surface area (Å²) >= 11 is 5.35. The van der Waals surface area contributed by atoms with E-state index in [-0.39, 0.29) is 5.82 Å². The van der Waals surface area contributed by atoms with E-state index in [2.05, 4.69) is 10.2 Å². The van der Waals surface area contributed by atoms with Crippen molar-refractivity contribution in [3.63, 3.8) is 0 Å². The maximum absolute atomic E-state index is 13.1. The number of hydrogen-bond acceptors (Lipinski definition) is 2. The summed E-state index contributed by atoms with van der Waals surface area (Å²) in [6.45, 7) is 0. The predicted octanol–water partition coefficient (Wildman–Crippen LogP) is 3.97. The Balaban J connectivity index is 1.75. The molecule has 1 heterocycles. The molecule has 2 fully saturated rings. The van der Waals surface area contributed by atoms with Crippen LogP contribution in [-0.2, 0) is 0 Å². The molecule has 20 heavy (non-hydrogen) atoms. The van der Waals surface area contributed by atoms with Gasteiger partial charge in [0.1, 0.15) is 11.6 Å². The van der Waals surface area contributed by atoms with Gasteiger partial charge in [0.25, 0.3) is 0 Å². The molecule has 0 spiro atoms. The van der Waals surface area contributed by atoms with Gasteiger partial charge in [0.05, 0.1) is 0 Å². The highest BCUT2D eigenvalue weighted by Gasteiger charge is 2.53. The fourth-order valence-electron chi connectivity index (χ4n) is 3.75. The summed E-state index contributed by atoms with van der Waals surface area (Å²) in [4.78, 5) is 0. The molecule has 2 aliphatic rings. The van der Waals surface area contributed by atoms with E-state index in [1.165, 1.54) is 37.8 Å². The monoisotopic (exact) mass is 289 g/mol. The molecule has 2 aliphatic carbocycles. The maximum atomic E-state index is 13.1. The van der Waals surface area contributed by atoms with Crippen LogP contribution in [0.15, 0.2) is 24.3 Å². The molecule has 0 saturated heterocycles. The summed E-state index contributed by atoms with van der Waals surface area (Å²) in [6, 6.07) is 6.45. The molecule has 104 valence electrons. The van der Waals surface area contributed by atoms with Gasteiger partial charge < -0.3 is 0 Å². The fourth-order valence-corrected chi connectivity index (χ4v) is 3.99. The quantitative estimate of drug-likeness (QED) is 0.849. The van der Waals surface area contributed by atoms with Crippen LogP contribution in [0.1, 0.15) is 37.4 Å². The summed E-state index contributed by atoms with van der Waals surface area (Å²) in [5.74, 6) is 2.86. The van der Waals surface area contributed by atoms with Crippen LogP contribution < -0.4 is 0 Å². The van der Waals surface area contributed by atoms with Crippen molar-refractivity contribution in [2.45, 2.75) is 31.6 Å². The van der Waals surface area contributed by atoms with E-state index < -0.39 is 0 Å². The molecule has 5 heteroatoms. The Morgan fingerprint density at radius 1 is 1.15 bits per heavy atom. The molecule has 0 aliphatic heterocycles. The Kier molecular flexibility index (Phi) is 2.77. The first-order valence-corrected chi connectivity index (χ1v) is 7.60. The van der Waals surface area contributed by atoms with E-state index in [1.807, 2.05) is 4.57 Å². The first kappa shape index (κ1) is 12.3. The number of aromatic nitrogens is 3. The molecular weight excluding hydrogens is 273 g/mol. The SMILES string of the molecule is Fc1ccc(-n2c(C3C4CCCCC43)n[nH]c2=S)cc1. The zero-order valence-corrected chi connectivity index (χ0v) is 11.9. The number of nitrogens with zero attached hydrogens (tertiary/aromatic N) is 2. The van der Waals surface area contributed by atoms with Crippen molar-refractivity contribution < 1.29 is 4.39 Å². The van der Waals surface area contributed by atoms with Crippen LogP contribution in [0.5, 0.6) is 0 Å². The van der Waals surface area contributed by atoms with Gasteiger partial charge in [-0.05, 0) is 61.2 Å². The largest absolute Gasteiger partial charge is 0.272 e. The molecule has 1 aromatic heterocycles. The van der Waals surface area contributed by atoms with Gasteiger partial charge in [0, 0.05) is 11.6 Å². The summed E-state index contributed by atoms with van der Waals surface area (Å²) in [5.41, 5.74) is 0.892. The lowest BCUT2D eigenvalue weighted by Gasteiger charge is -2.06. The Morgan fingerprint density at radius 2 is 1.80 bits per heavy atom. The molecule has 2 unspecified atom stereocenters. The molecule has 0 bridgehead atoms. The minimum Gasteiger partial charge on any atom is -0.272 e. The van der Waals surface area contributed by atoms with Crippen LogP contribution in [0.4, 0.5) is 4.39 Å². The number of fused-ring (bicyclic) bond motifs is 1. The highest BCUT2D eigenvalue weighted by molar-refractivity contribution is 7.71. The lowest BCUT2D eigenvalue weighted by molar-refractivity contribution is 0.480. The van der Waals surface area contributed by atoms with E-state index in [1.54, 1.807) is 12.1 Å². The van der Waals surface area contributed by atoms with Crippen molar-refractivity contribution in [1.29, 1.82) is 0 Å². The molecule has 1 N–H and O–H groups in total. The Hall–Kier alpha value is -1.49. The molecule has 0 radical (unpaired) electrons. The van der Waals surface area contributed by atoms with Crippen molar-refractivity contribution in [3.8, 4) is 5.69 Å². The molecular formula is C15H16FN3S. The van der Waals surface area contributed by atoms with Crippen molar-refractivity contribution in [1.82, 2.24) is 14.8 Å². The Bertz CT molecular complexity index is 676. The fraction of sp³-hybridized carbons (Fsp3) is 0.467. The predicted molar refractivity (Wildman–Crippen MR) is 76.9 cm³/mol. The third-order valence-electron chi connectivity index (χ3n) is 4.74. The van der Waals surface area contributed by atoms with E-state index in [0.29, 0.717) is 10.7 Å². The summed E-state index contributed by atoms with van der Waals surface area (Å²) in [5, 5.41) is 7.36. The molecule has 3 nitrogen and oxygen atoms in total. The van der Waals surface area contributed by atoms with Gasteiger partial charge in [-0.15, -0.1) is 0 Å². The second-order valence-corrected chi connectivity index (χ2v) is 6.22. The van der Waals surface area contributed by atoms with Crippen molar-refractivity contribution in [3.05, 3.63) is 40.7 Å². The first-order valence-electron chi connectivity index (χ1n) is 7.19. The molecule has 2 atom stereocenters. The topological polar surface area (TPSA) is 33.6 Å². The van der Waals surface area contributed by atoms with Crippen LogP contribution in [-0.4, -0.2) is 14.8 Å². The zero-order chi connectivity index (χ0) is 13.7. The molecule has 1 aromatic carbocycles. The lowest BCUT2D eigenvalue weighted by atomic mass is 10.0. The summed E-state index contributed by atoms with van der Waals surface area (Å²) < 4.78 is 15.6. The molecule has 4 rings (SSSR count). The number of rotatable bonds is 2. The normalized spacial score (nSPS) is 28.1. The number of aromatic amines is 1. The number of benzene rings is 1. The van der Waals surface area contributed by atoms with Crippen LogP contribution in [0.25, 0.3) is 5.69 Å². The second-order valence-electron chi connectivity index (χ2n) is 5.84. The van der Waals surface area contributed by atoms with Gasteiger partial charge in [-0.3, -0.25) is 9.67 Å². The summed E-state index contributed by atoms with van der Waals surface area (Å²) in [6.07, 6.45) is 5.27. The second kappa shape index (κ2) is 4.52. The third-order valence-corrected chi connectivity index (χ3v) is 5.01. The van der Waals surface area contributed by atoms with Crippen molar-refractivity contribution >= 4 is 12.2 Å². The average molecular weight is 289 g/mol. The minimum atomic E-state index is -0.231. The smallest absolute Gasteiger partial charge is 0.199 e. The van der Waals surface area contributed by atoms with Crippen LogP contribution in [0.3, 0.4) is 0 Å². The minimum absolute atomic E-state index is 0.231. The zero-order valence-electron chi connectivity index (χ0n) is 11.1. The number of halogens is 1. The standard InChI is InChI=1S/C15H16FN3S/c16-9-5-7-10(8-6-9)19-14(17-18-15(19)20)13-11-3-1-2-4-12(11)13/h5-8,11-13H,1-4H2,(H,18,20). The van der Waals surface area contributed by atoms with Crippen LogP contribution in [0.2, 0.25) is 0 Å². The third kappa shape index (κ3) is 1.84. The van der Waals surface area contributed by atoms with Crippen molar-refractivity contribution in [2.24, 2.45) is 11.8 Å². The summed E-state index contributed by atoms with van der Waals surface area (Å²) in [7, 11) is 0. The van der Waals surface area contributed by atoms with Gasteiger partial charge >= 0.3 is 0 Å². The Morgan fingerprint density at radius 3 is 2.45 bits per heavy atom. The molecule has 2 saturated carbocycles. The molecule has 2 aromatic rings. The van der Waals surface area contributed by atoms with Gasteiger partial charge in [-0.25, -0.2) is 4.39 Å². The van der Waals surface area contributed by atoms with Gasteiger partial charge in [0.2, 0.25) is 0 Å². The number of hydrogen-bond donors (Lipinski definition) is 1. The van der Waals surface area contributed by atoms with Gasteiger partial charge in [-0.1, -0.05) is 12.8 Å². The van der Waals surface area contributed by atoms with E-state index in [0.717, 1.165) is 23.3 Å². The van der Waals surface area contributed by atoms with Gasteiger partial charge in [-0.2, -0.15) is 5.10 Å². The molecule has 0 amide bonds. The van der Waals surface area contributed by atoms with E-state index >= 15 is 0 Å². The highest BCUT2D eigenvalue weighted by Crippen LogP contribution is 2.60. The number of H-pyrrole nitrogens is 1. The lowest BCUT2D eigenvalue weighted by Crippen LogP contribution is -2.01. The van der Waals surface area contributed by atoms with Crippen LogP contribution >= 0.6 is 12.2 Å². The van der Waals surface area contributed by atoms with E-state index in [9.17, 15) is 4.39 Å². The average Bonchev–Trinajstić information content (AvgIpc) is 3.08. The van der Waals surface area contributed by atoms with Gasteiger partial charge in [0.15, 0.2) is 4.77 Å².